The SMILES string of the molecule is CNC(=O)c1ccc(Br)cc1C(C)C. The second-order valence-corrected chi connectivity index (χ2v) is 4.38. The number of benzene rings is 1. The number of carbonyl (C=O) groups excluding carboxylic acids is 1. The van der Waals surface area contributed by atoms with Gasteiger partial charge in [-0.2, -0.15) is 0 Å². The Morgan fingerprint density at radius 3 is 2.57 bits per heavy atom. The van der Waals surface area contributed by atoms with Gasteiger partial charge >= 0.3 is 0 Å². The summed E-state index contributed by atoms with van der Waals surface area (Å²) >= 11 is 3.40. The van der Waals surface area contributed by atoms with Gasteiger partial charge in [0.05, 0.1) is 0 Å². The third-order valence-electron chi connectivity index (χ3n) is 2.11. The summed E-state index contributed by atoms with van der Waals surface area (Å²) in [6.45, 7) is 4.16. The molecule has 0 aliphatic carbocycles. The highest BCUT2D eigenvalue weighted by molar-refractivity contribution is 9.10. The van der Waals surface area contributed by atoms with Crippen LogP contribution in [-0.2, 0) is 0 Å². The maximum atomic E-state index is 11.5. The van der Waals surface area contributed by atoms with Crippen molar-refractivity contribution in [1.29, 1.82) is 0 Å². The molecular weight excluding hydrogens is 242 g/mol. The van der Waals surface area contributed by atoms with Crippen molar-refractivity contribution in [2.45, 2.75) is 19.8 Å². The first kappa shape index (κ1) is 11.2. The Hall–Kier alpha value is -0.830. The number of rotatable bonds is 2. The van der Waals surface area contributed by atoms with Crippen molar-refractivity contribution in [2.24, 2.45) is 0 Å². The summed E-state index contributed by atoms with van der Waals surface area (Å²) < 4.78 is 1.01. The quantitative estimate of drug-likeness (QED) is 0.866. The fourth-order valence-corrected chi connectivity index (χ4v) is 1.73. The summed E-state index contributed by atoms with van der Waals surface area (Å²) in [5.41, 5.74) is 1.82. The van der Waals surface area contributed by atoms with Crippen LogP contribution in [0, 0.1) is 0 Å². The molecule has 0 saturated heterocycles. The van der Waals surface area contributed by atoms with Crippen LogP contribution >= 0.6 is 15.9 Å². The predicted molar refractivity (Wildman–Crippen MR) is 61.6 cm³/mol. The first-order valence-corrected chi connectivity index (χ1v) is 5.37. The molecule has 0 fully saturated rings. The average molecular weight is 256 g/mol. The van der Waals surface area contributed by atoms with E-state index in [1.807, 2.05) is 18.2 Å². The van der Waals surface area contributed by atoms with Gasteiger partial charge in [0.15, 0.2) is 0 Å². The van der Waals surface area contributed by atoms with Crippen LogP contribution in [0.1, 0.15) is 35.7 Å². The largest absolute Gasteiger partial charge is 0.355 e. The maximum absolute atomic E-state index is 11.5. The summed E-state index contributed by atoms with van der Waals surface area (Å²) in [6, 6.07) is 5.73. The number of hydrogen-bond donors (Lipinski definition) is 1. The minimum absolute atomic E-state index is 0.0267. The third-order valence-corrected chi connectivity index (χ3v) is 2.60. The fraction of sp³-hybridized carbons (Fsp3) is 0.364. The molecule has 0 spiro atoms. The molecule has 2 nitrogen and oxygen atoms in total. The molecule has 1 aromatic carbocycles. The first-order valence-electron chi connectivity index (χ1n) is 4.57. The lowest BCUT2D eigenvalue weighted by atomic mass is 9.97. The van der Waals surface area contributed by atoms with E-state index in [4.69, 9.17) is 0 Å². The Bertz CT molecular complexity index is 347. The summed E-state index contributed by atoms with van der Waals surface area (Å²) in [6.07, 6.45) is 0. The van der Waals surface area contributed by atoms with Crippen LogP contribution in [0.15, 0.2) is 22.7 Å². The zero-order valence-corrected chi connectivity index (χ0v) is 10.2. The molecule has 1 N–H and O–H groups in total. The van der Waals surface area contributed by atoms with Crippen LogP contribution in [0.2, 0.25) is 0 Å². The monoisotopic (exact) mass is 255 g/mol. The van der Waals surface area contributed by atoms with E-state index in [1.54, 1.807) is 7.05 Å². The number of carbonyl (C=O) groups is 1. The van der Waals surface area contributed by atoms with Gasteiger partial charge in [-0.25, -0.2) is 0 Å². The standard InChI is InChI=1S/C11H14BrNO/c1-7(2)10-6-8(12)4-5-9(10)11(14)13-3/h4-7H,1-3H3,(H,13,14). The molecule has 3 heteroatoms. The van der Waals surface area contributed by atoms with Gasteiger partial charge in [0.1, 0.15) is 0 Å². The van der Waals surface area contributed by atoms with Gasteiger partial charge in [-0.05, 0) is 29.7 Å². The smallest absolute Gasteiger partial charge is 0.251 e. The van der Waals surface area contributed by atoms with Crippen molar-refractivity contribution in [1.82, 2.24) is 5.32 Å². The lowest BCUT2D eigenvalue weighted by Crippen LogP contribution is -2.19. The molecule has 0 heterocycles. The van der Waals surface area contributed by atoms with E-state index in [-0.39, 0.29) is 5.91 Å². The van der Waals surface area contributed by atoms with Gasteiger partial charge < -0.3 is 5.32 Å². The zero-order valence-electron chi connectivity index (χ0n) is 8.60. The van der Waals surface area contributed by atoms with Crippen molar-refractivity contribution in [2.75, 3.05) is 7.05 Å². The molecule has 0 bridgehead atoms. The molecule has 0 aliphatic heterocycles. The average Bonchev–Trinajstić information content (AvgIpc) is 2.16. The molecule has 0 unspecified atom stereocenters. The van der Waals surface area contributed by atoms with E-state index >= 15 is 0 Å². The molecule has 0 saturated carbocycles. The van der Waals surface area contributed by atoms with Gasteiger partial charge in [-0.1, -0.05) is 29.8 Å². The molecule has 0 aromatic heterocycles. The van der Waals surface area contributed by atoms with E-state index in [1.165, 1.54) is 0 Å². The summed E-state index contributed by atoms with van der Waals surface area (Å²) in [5.74, 6) is 0.320. The minimum Gasteiger partial charge on any atom is -0.355 e. The van der Waals surface area contributed by atoms with E-state index in [2.05, 4.69) is 35.1 Å². The first-order chi connectivity index (χ1) is 6.56. The third kappa shape index (κ3) is 2.35. The summed E-state index contributed by atoms with van der Waals surface area (Å²) in [5, 5.41) is 2.64. The lowest BCUT2D eigenvalue weighted by molar-refractivity contribution is 0.0962. The van der Waals surface area contributed by atoms with Crippen LogP contribution < -0.4 is 5.32 Å². The second kappa shape index (κ2) is 4.60. The molecule has 1 rings (SSSR count). The molecule has 14 heavy (non-hydrogen) atoms. The topological polar surface area (TPSA) is 29.1 Å². The highest BCUT2D eigenvalue weighted by Gasteiger charge is 2.12. The molecule has 0 radical (unpaired) electrons. The number of amides is 1. The Morgan fingerprint density at radius 1 is 1.43 bits per heavy atom. The van der Waals surface area contributed by atoms with Crippen LogP contribution in [-0.4, -0.2) is 13.0 Å². The Morgan fingerprint density at radius 2 is 2.07 bits per heavy atom. The molecular formula is C11H14BrNO. The predicted octanol–water partition coefficient (Wildman–Crippen LogP) is 2.93. The molecule has 0 atom stereocenters. The van der Waals surface area contributed by atoms with Crippen molar-refractivity contribution in [3.8, 4) is 0 Å². The van der Waals surface area contributed by atoms with Crippen LogP contribution in [0.4, 0.5) is 0 Å². The van der Waals surface area contributed by atoms with Gasteiger partial charge in [-0.15, -0.1) is 0 Å². The van der Waals surface area contributed by atoms with E-state index in [0.717, 1.165) is 15.6 Å². The van der Waals surface area contributed by atoms with E-state index < -0.39 is 0 Å². The Balaban J connectivity index is 3.21. The number of nitrogens with one attached hydrogen (secondary N) is 1. The van der Waals surface area contributed by atoms with E-state index in [9.17, 15) is 4.79 Å². The van der Waals surface area contributed by atoms with Gasteiger partial charge in [-0.3, -0.25) is 4.79 Å². The minimum atomic E-state index is -0.0267. The van der Waals surface area contributed by atoms with Crippen LogP contribution in [0.5, 0.6) is 0 Å². The maximum Gasteiger partial charge on any atom is 0.251 e. The summed E-state index contributed by atoms with van der Waals surface area (Å²) in [4.78, 5) is 11.5. The molecule has 1 aromatic rings. The fourth-order valence-electron chi connectivity index (χ4n) is 1.35. The second-order valence-electron chi connectivity index (χ2n) is 3.47. The highest BCUT2D eigenvalue weighted by Crippen LogP contribution is 2.23. The summed E-state index contributed by atoms with van der Waals surface area (Å²) in [7, 11) is 1.65. The Labute approximate surface area is 92.8 Å². The molecule has 0 aliphatic rings. The lowest BCUT2D eigenvalue weighted by Gasteiger charge is -2.11. The van der Waals surface area contributed by atoms with Crippen LogP contribution in [0.3, 0.4) is 0 Å². The molecule has 1 amide bonds. The number of halogens is 1. The Kier molecular flexibility index (Phi) is 3.69. The van der Waals surface area contributed by atoms with Gasteiger partial charge in [0.2, 0.25) is 0 Å². The number of hydrogen-bond acceptors (Lipinski definition) is 1. The van der Waals surface area contributed by atoms with Gasteiger partial charge in [0.25, 0.3) is 5.91 Å². The highest BCUT2D eigenvalue weighted by atomic mass is 79.9. The van der Waals surface area contributed by atoms with Crippen molar-refractivity contribution in [3.63, 3.8) is 0 Å². The van der Waals surface area contributed by atoms with Crippen molar-refractivity contribution >= 4 is 21.8 Å². The van der Waals surface area contributed by atoms with Gasteiger partial charge in [0, 0.05) is 17.1 Å². The normalized spacial score (nSPS) is 10.4. The van der Waals surface area contributed by atoms with E-state index in [0.29, 0.717) is 5.92 Å². The molecule has 76 valence electrons. The van der Waals surface area contributed by atoms with Crippen molar-refractivity contribution < 1.29 is 4.79 Å². The zero-order chi connectivity index (χ0) is 10.7. The van der Waals surface area contributed by atoms with Crippen LogP contribution in [0.25, 0.3) is 0 Å². The van der Waals surface area contributed by atoms with Crippen molar-refractivity contribution in [3.05, 3.63) is 33.8 Å².